The van der Waals surface area contributed by atoms with Gasteiger partial charge in [0.2, 0.25) is 27.3 Å². The number of sulfonamides is 1. The molecule has 12 nitrogen and oxygen atoms in total. The maximum Gasteiger partial charge on any atom is 0.280 e. The fourth-order valence-corrected chi connectivity index (χ4v) is 5.84. The summed E-state index contributed by atoms with van der Waals surface area (Å²) in [5.74, 6) is -1.31. The van der Waals surface area contributed by atoms with Crippen molar-refractivity contribution >= 4 is 44.5 Å². The van der Waals surface area contributed by atoms with E-state index in [2.05, 4.69) is 26.8 Å². The predicted octanol–water partition coefficient (Wildman–Crippen LogP) is 2.31. The Morgan fingerprint density at radius 2 is 1.83 bits per heavy atom. The third-order valence-electron chi connectivity index (χ3n) is 6.71. The van der Waals surface area contributed by atoms with Crippen molar-refractivity contribution < 1.29 is 22.8 Å². The lowest BCUT2D eigenvalue weighted by molar-refractivity contribution is -0.117. The summed E-state index contributed by atoms with van der Waals surface area (Å²) in [7, 11) is -2.41. The summed E-state index contributed by atoms with van der Waals surface area (Å²) in [6.07, 6.45) is 6.10. The minimum atomic E-state index is -3.70. The van der Waals surface area contributed by atoms with Gasteiger partial charge in [0.25, 0.3) is 5.91 Å². The van der Waals surface area contributed by atoms with Gasteiger partial charge in [-0.25, -0.2) is 18.9 Å². The largest absolute Gasteiger partial charge is 0.324 e. The van der Waals surface area contributed by atoms with Crippen molar-refractivity contribution in [1.82, 2.24) is 24.7 Å². The van der Waals surface area contributed by atoms with Gasteiger partial charge in [0.05, 0.1) is 18.2 Å². The molecular weight excluding hydrogens is 548 g/mol. The molecule has 212 valence electrons. The summed E-state index contributed by atoms with van der Waals surface area (Å²) < 4.78 is 27.5. The Bertz CT molecular complexity index is 1820. The lowest BCUT2D eigenvalue weighted by Crippen LogP contribution is -2.31. The molecule has 41 heavy (non-hydrogen) atoms. The van der Waals surface area contributed by atoms with Crippen molar-refractivity contribution in [1.29, 1.82) is 0 Å². The number of carbonyl (C=O) groups excluding carboxylic acids is 2. The number of benzene rings is 2. The number of nitrogens with one attached hydrogen (secondary N) is 3. The Morgan fingerprint density at radius 3 is 2.56 bits per heavy atom. The molecule has 0 radical (unpaired) electrons. The fraction of sp³-hybridized carbons (Fsp3) is 0.250. The van der Waals surface area contributed by atoms with E-state index in [-0.39, 0.29) is 29.1 Å². The molecule has 0 spiro atoms. The second-order valence-corrected chi connectivity index (χ2v) is 11.5. The van der Waals surface area contributed by atoms with Crippen molar-refractivity contribution in [3.8, 4) is 5.69 Å². The molecule has 0 aliphatic heterocycles. The molecule has 0 bridgehead atoms. The van der Waals surface area contributed by atoms with E-state index in [1.807, 2.05) is 16.9 Å². The fourth-order valence-electron chi connectivity index (χ4n) is 4.79. The molecule has 2 aromatic heterocycles. The van der Waals surface area contributed by atoms with E-state index in [0.29, 0.717) is 11.3 Å². The highest BCUT2D eigenvalue weighted by Gasteiger charge is 2.20. The number of aryl methyl sites for hydroxylation is 3. The van der Waals surface area contributed by atoms with Crippen molar-refractivity contribution in [2.45, 2.75) is 32.6 Å². The van der Waals surface area contributed by atoms with Gasteiger partial charge in [-0.3, -0.25) is 23.9 Å². The third kappa shape index (κ3) is 6.26. The van der Waals surface area contributed by atoms with Crippen LogP contribution in [0.25, 0.3) is 16.7 Å². The van der Waals surface area contributed by atoms with Crippen LogP contribution in [0.3, 0.4) is 0 Å². The first kappa shape index (κ1) is 27.9. The SMILES string of the molecule is CONC(=O)c1cn(-c2ccc3c(c2)CCC3)c2nc(Nc3ccc(CCS(=O)(=O)NC(C)=O)cc3)ncc2c1=O. The molecule has 2 heterocycles. The Labute approximate surface area is 235 Å². The number of anilines is 2. The number of hydrogen-bond donors (Lipinski definition) is 3. The molecular formula is C28H28N6O6S. The number of aromatic nitrogens is 3. The zero-order valence-electron chi connectivity index (χ0n) is 22.4. The minimum absolute atomic E-state index is 0.111. The van der Waals surface area contributed by atoms with E-state index < -0.39 is 27.3 Å². The first-order valence-electron chi connectivity index (χ1n) is 12.9. The topological polar surface area (TPSA) is 161 Å². The molecule has 2 aromatic carbocycles. The molecule has 0 saturated heterocycles. The molecule has 0 fully saturated rings. The average Bonchev–Trinajstić information content (AvgIpc) is 3.40. The van der Waals surface area contributed by atoms with Crippen molar-refractivity contribution in [3.05, 3.63) is 87.3 Å². The smallest absolute Gasteiger partial charge is 0.280 e. The van der Waals surface area contributed by atoms with E-state index in [1.54, 1.807) is 28.8 Å². The molecule has 1 aliphatic rings. The highest BCUT2D eigenvalue weighted by Crippen LogP contribution is 2.26. The zero-order valence-corrected chi connectivity index (χ0v) is 23.2. The number of carbonyl (C=O) groups is 2. The summed E-state index contributed by atoms with van der Waals surface area (Å²) in [6, 6.07) is 13.1. The number of nitrogens with zero attached hydrogens (tertiary/aromatic N) is 3. The molecule has 0 unspecified atom stereocenters. The van der Waals surface area contributed by atoms with Gasteiger partial charge in [0.1, 0.15) is 5.56 Å². The summed E-state index contributed by atoms with van der Waals surface area (Å²) >= 11 is 0. The van der Waals surface area contributed by atoms with Crippen LogP contribution in [0.1, 0.15) is 40.4 Å². The molecule has 0 atom stereocenters. The van der Waals surface area contributed by atoms with E-state index >= 15 is 0 Å². The van der Waals surface area contributed by atoms with Crippen LogP contribution in [0.15, 0.2) is 59.7 Å². The maximum atomic E-state index is 13.2. The molecule has 4 aromatic rings. The average molecular weight is 577 g/mol. The Balaban J connectivity index is 1.46. The lowest BCUT2D eigenvalue weighted by atomic mass is 10.1. The van der Waals surface area contributed by atoms with E-state index in [4.69, 9.17) is 4.84 Å². The zero-order chi connectivity index (χ0) is 29.1. The van der Waals surface area contributed by atoms with Gasteiger partial charge in [0, 0.05) is 30.7 Å². The van der Waals surface area contributed by atoms with Crippen molar-refractivity contribution in [2.24, 2.45) is 0 Å². The summed E-state index contributed by atoms with van der Waals surface area (Å²) in [5.41, 5.74) is 6.54. The second kappa shape index (κ2) is 11.5. The summed E-state index contributed by atoms with van der Waals surface area (Å²) in [6.45, 7) is 1.15. The van der Waals surface area contributed by atoms with Gasteiger partial charge in [-0.1, -0.05) is 18.2 Å². The molecule has 0 saturated carbocycles. The predicted molar refractivity (Wildman–Crippen MR) is 153 cm³/mol. The maximum absolute atomic E-state index is 13.2. The summed E-state index contributed by atoms with van der Waals surface area (Å²) in [4.78, 5) is 50.5. The number of hydroxylamine groups is 1. The van der Waals surface area contributed by atoms with Crippen LogP contribution >= 0.6 is 0 Å². The van der Waals surface area contributed by atoms with Crippen LogP contribution in [0, 0.1) is 0 Å². The van der Waals surface area contributed by atoms with Gasteiger partial charge >= 0.3 is 0 Å². The standard InChI is InChI=1S/C28H28N6O6S/c1-17(35)33-41(38,39)13-12-18-6-9-21(10-7-18)30-28-29-15-23-25(36)24(27(37)32-40-2)16-34(26(23)31-28)22-11-8-19-4-3-5-20(19)14-22/h6-11,14-16H,3-5,12-13H2,1-2H3,(H,32,37)(H,33,35)(H,29,30,31). The van der Waals surface area contributed by atoms with Crippen LogP contribution in [0.4, 0.5) is 11.6 Å². The van der Waals surface area contributed by atoms with E-state index in [9.17, 15) is 22.8 Å². The van der Waals surface area contributed by atoms with Crippen molar-refractivity contribution in [3.63, 3.8) is 0 Å². The second-order valence-electron chi connectivity index (χ2n) is 9.66. The minimum Gasteiger partial charge on any atom is -0.324 e. The van der Waals surface area contributed by atoms with Gasteiger partial charge in [-0.05, 0) is 66.6 Å². The molecule has 3 N–H and O–H groups in total. The number of amides is 2. The molecule has 1 aliphatic carbocycles. The Kier molecular flexibility index (Phi) is 7.81. The van der Waals surface area contributed by atoms with Crippen LogP contribution in [-0.4, -0.2) is 47.6 Å². The lowest BCUT2D eigenvalue weighted by Gasteiger charge is -2.15. The van der Waals surface area contributed by atoms with Gasteiger partial charge in [-0.15, -0.1) is 0 Å². The van der Waals surface area contributed by atoms with Crippen LogP contribution in [0.2, 0.25) is 0 Å². The number of fused-ring (bicyclic) bond motifs is 2. The van der Waals surface area contributed by atoms with Gasteiger partial charge < -0.3 is 9.88 Å². The molecule has 2 amide bonds. The van der Waals surface area contributed by atoms with Crippen LogP contribution in [0.5, 0.6) is 0 Å². The number of hydrogen-bond acceptors (Lipinski definition) is 9. The van der Waals surface area contributed by atoms with Gasteiger partial charge in [-0.2, -0.15) is 4.98 Å². The molecule has 13 heteroatoms. The molecule has 5 rings (SSSR count). The van der Waals surface area contributed by atoms with Crippen LogP contribution in [-0.2, 0) is 38.9 Å². The van der Waals surface area contributed by atoms with E-state index in [0.717, 1.165) is 37.4 Å². The third-order valence-corrected chi connectivity index (χ3v) is 8.05. The summed E-state index contributed by atoms with van der Waals surface area (Å²) in [5, 5.41) is 3.27. The first-order valence-corrected chi connectivity index (χ1v) is 14.5. The normalized spacial score (nSPS) is 12.6. The van der Waals surface area contributed by atoms with Crippen molar-refractivity contribution in [2.75, 3.05) is 18.2 Å². The van der Waals surface area contributed by atoms with Gasteiger partial charge in [0.15, 0.2) is 5.65 Å². The van der Waals surface area contributed by atoms with E-state index in [1.165, 1.54) is 30.6 Å². The number of pyridine rings is 1. The number of rotatable bonds is 9. The highest BCUT2D eigenvalue weighted by molar-refractivity contribution is 7.90. The Hall–Kier alpha value is -4.62. The van der Waals surface area contributed by atoms with Crippen LogP contribution < -0.4 is 20.9 Å². The monoisotopic (exact) mass is 576 g/mol. The first-order chi connectivity index (χ1) is 19.6. The Morgan fingerprint density at radius 1 is 1.07 bits per heavy atom. The quantitative estimate of drug-likeness (QED) is 0.254. The highest BCUT2D eigenvalue weighted by atomic mass is 32.2.